The molecule has 8 heteroatoms. The van der Waals surface area contributed by atoms with Gasteiger partial charge < -0.3 is 9.64 Å². The largest absolute Gasteiger partial charge is 0.471 e. The molecule has 0 spiro atoms. The fraction of sp³-hybridized carbons (Fsp3) is 0.316. The molecule has 0 radical (unpaired) electrons. The van der Waals surface area contributed by atoms with E-state index in [1.54, 1.807) is 23.0 Å². The lowest BCUT2D eigenvalue weighted by molar-refractivity contribution is 0.151. The van der Waals surface area contributed by atoms with Gasteiger partial charge in [-0.3, -0.25) is 0 Å². The van der Waals surface area contributed by atoms with Gasteiger partial charge in [0.05, 0.1) is 23.3 Å². The Morgan fingerprint density at radius 3 is 2.41 bits per heavy atom. The number of hydrogen-bond acceptors (Lipinski definition) is 5. The van der Waals surface area contributed by atoms with Crippen molar-refractivity contribution in [3.05, 3.63) is 59.5 Å². The lowest BCUT2D eigenvalue weighted by Gasteiger charge is -2.32. The summed E-state index contributed by atoms with van der Waals surface area (Å²) >= 11 is 0. The first-order valence-electron chi connectivity index (χ1n) is 8.75. The fourth-order valence-corrected chi connectivity index (χ4v) is 2.87. The summed E-state index contributed by atoms with van der Waals surface area (Å²) in [4.78, 5) is 6.60. The topological polar surface area (TPSA) is 56.1 Å². The molecule has 1 aromatic carbocycles. The van der Waals surface area contributed by atoms with Crippen molar-refractivity contribution in [2.45, 2.75) is 26.4 Å². The maximum Gasteiger partial charge on any atom is 0.263 e. The third-order valence-corrected chi connectivity index (χ3v) is 4.65. The first kappa shape index (κ1) is 17.4. The molecule has 1 aliphatic rings. The highest BCUT2D eigenvalue weighted by Crippen LogP contribution is 2.23. The average Bonchev–Trinajstić information content (AvgIpc) is 3.00. The van der Waals surface area contributed by atoms with Gasteiger partial charge in [-0.1, -0.05) is 17.3 Å². The molecule has 2 aromatic heterocycles. The van der Waals surface area contributed by atoms with Gasteiger partial charge in [0, 0.05) is 24.7 Å². The van der Waals surface area contributed by atoms with Gasteiger partial charge in [-0.05, 0) is 31.5 Å². The maximum atomic E-state index is 12.7. The van der Waals surface area contributed by atoms with Gasteiger partial charge in [0.25, 0.3) is 6.43 Å². The van der Waals surface area contributed by atoms with Gasteiger partial charge in [-0.15, -0.1) is 5.10 Å². The molecule has 0 aliphatic carbocycles. The highest BCUT2D eigenvalue weighted by Gasteiger charge is 2.16. The summed E-state index contributed by atoms with van der Waals surface area (Å²) in [5.74, 6) is 0.513. The van der Waals surface area contributed by atoms with Gasteiger partial charge in [0.2, 0.25) is 5.88 Å². The minimum absolute atomic E-state index is 0.0279. The van der Waals surface area contributed by atoms with Crippen LogP contribution in [0, 0.1) is 6.92 Å². The Morgan fingerprint density at radius 1 is 1.07 bits per heavy atom. The van der Waals surface area contributed by atoms with Crippen LogP contribution in [0.4, 0.5) is 14.5 Å². The third-order valence-electron chi connectivity index (χ3n) is 4.65. The minimum atomic E-state index is -2.50. The van der Waals surface area contributed by atoms with E-state index in [4.69, 9.17) is 4.74 Å². The van der Waals surface area contributed by atoms with Crippen LogP contribution in [0.1, 0.15) is 29.8 Å². The molecular weight excluding hydrogens is 352 g/mol. The second kappa shape index (κ2) is 7.30. The zero-order chi connectivity index (χ0) is 18.8. The molecule has 140 valence electrons. The SMILES string of the molecule is Cc1nnn(-c2ccc(C(F)F)cc2)c1COc1ccc(N2CCC2)cn1. The second-order valence-electron chi connectivity index (χ2n) is 6.41. The van der Waals surface area contributed by atoms with Crippen molar-refractivity contribution in [2.75, 3.05) is 18.0 Å². The van der Waals surface area contributed by atoms with Crippen LogP contribution >= 0.6 is 0 Å². The predicted octanol–water partition coefficient (Wildman–Crippen LogP) is 3.70. The van der Waals surface area contributed by atoms with Crippen LogP contribution in [0.5, 0.6) is 5.88 Å². The Morgan fingerprint density at radius 2 is 1.81 bits per heavy atom. The van der Waals surface area contributed by atoms with Gasteiger partial charge in [-0.2, -0.15) is 0 Å². The van der Waals surface area contributed by atoms with Gasteiger partial charge >= 0.3 is 0 Å². The zero-order valence-electron chi connectivity index (χ0n) is 14.8. The molecule has 3 heterocycles. The zero-order valence-corrected chi connectivity index (χ0v) is 14.8. The Bertz CT molecular complexity index is 905. The molecule has 0 bridgehead atoms. The Kier molecular flexibility index (Phi) is 4.70. The number of benzene rings is 1. The van der Waals surface area contributed by atoms with Crippen molar-refractivity contribution in [3.63, 3.8) is 0 Å². The molecule has 0 saturated carbocycles. The van der Waals surface area contributed by atoms with Crippen molar-refractivity contribution >= 4 is 5.69 Å². The Hall–Kier alpha value is -3.03. The highest BCUT2D eigenvalue weighted by atomic mass is 19.3. The van der Waals surface area contributed by atoms with Crippen LogP contribution in [0.3, 0.4) is 0 Å². The van der Waals surface area contributed by atoms with E-state index < -0.39 is 6.43 Å². The van der Waals surface area contributed by atoms with E-state index in [9.17, 15) is 8.78 Å². The maximum absolute atomic E-state index is 12.7. The molecule has 6 nitrogen and oxygen atoms in total. The summed E-state index contributed by atoms with van der Waals surface area (Å²) in [6, 6.07) is 9.80. The first-order valence-corrected chi connectivity index (χ1v) is 8.75. The van der Waals surface area contributed by atoms with Crippen LogP contribution in [0.25, 0.3) is 5.69 Å². The number of rotatable bonds is 6. The molecule has 0 unspecified atom stereocenters. The highest BCUT2D eigenvalue weighted by molar-refractivity contribution is 5.47. The molecule has 0 atom stereocenters. The second-order valence-corrected chi connectivity index (χ2v) is 6.41. The Balaban J connectivity index is 1.48. The van der Waals surface area contributed by atoms with Crippen LogP contribution in [0.2, 0.25) is 0 Å². The van der Waals surface area contributed by atoms with Gasteiger partial charge in [0.1, 0.15) is 12.3 Å². The van der Waals surface area contributed by atoms with E-state index in [0.29, 0.717) is 17.3 Å². The minimum Gasteiger partial charge on any atom is -0.471 e. The standard InChI is InChI=1S/C19H19F2N5O/c1-13-17(12-27-18-8-7-16(11-22-18)25-9-2-10-25)26(24-23-13)15-5-3-14(4-6-15)19(20)21/h3-8,11,19H,2,9-10,12H2,1H3. The number of alkyl halides is 2. The molecule has 27 heavy (non-hydrogen) atoms. The van der Waals surface area contributed by atoms with Gasteiger partial charge in [0.15, 0.2) is 0 Å². The van der Waals surface area contributed by atoms with E-state index in [1.807, 2.05) is 19.1 Å². The van der Waals surface area contributed by atoms with E-state index in [-0.39, 0.29) is 12.2 Å². The van der Waals surface area contributed by atoms with Crippen LogP contribution in [-0.4, -0.2) is 33.1 Å². The van der Waals surface area contributed by atoms with Crippen molar-refractivity contribution in [2.24, 2.45) is 0 Å². The summed E-state index contributed by atoms with van der Waals surface area (Å²) in [5, 5.41) is 8.18. The molecule has 1 aliphatic heterocycles. The fourth-order valence-electron chi connectivity index (χ4n) is 2.87. The summed E-state index contributed by atoms with van der Waals surface area (Å²) in [5.41, 5.74) is 3.17. The van der Waals surface area contributed by atoms with Crippen molar-refractivity contribution in [3.8, 4) is 11.6 Å². The normalized spacial score (nSPS) is 13.7. The number of aryl methyl sites for hydroxylation is 1. The average molecular weight is 371 g/mol. The lowest BCUT2D eigenvalue weighted by Crippen LogP contribution is -2.36. The van der Waals surface area contributed by atoms with Crippen molar-refractivity contribution < 1.29 is 13.5 Å². The number of ether oxygens (including phenoxy) is 1. The van der Waals surface area contributed by atoms with Crippen LogP contribution < -0.4 is 9.64 Å². The molecule has 0 amide bonds. The molecule has 3 aromatic rings. The number of halogens is 2. The summed E-state index contributed by atoms with van der Waals surface area (Å²) in [6.07, 6.45) is 0.525. The molecule has 0 N–H and O–H groups in total. The number of anilines is 1. The number of pyridine rings is 1. The third kappa shape index (κ3) is 3.60. The molecular formula is C19H19F2N5O. The molecule has 1 saturated heterocycles. The van der Waals surface area contributed by atoms with Gasteiger partial charge in [-0.25, -0.2) is 18.4 Å². The molecule has 1 fully saturated rings. The van der Waals surface area contributed by atoms with Crippen LogP contribution in [-0.2, 0) is 6.61 Å². The van der Waals surface area contributed by atoms with E-state index in [2.05, 4.69) is 20.2 Å². The van der Waals surface area contributed by atoms with E-state index >= 15 is 0 Å². The van der Waals surface area contributed by atoms with E-state index in [0.717, 1.165) is 24.5 Å². The number of aromatic nitrogens is 4. The molecule has 4 rings (SSSR count). The predicted molar refractivity (Wildman–Crippen MR) is 96.5 cm³/mol. The smallest absolute Gasteiger partial charge is 0.263 e. The summed E-state index contributed by atoms with van der Waals surface area (Å²) in [6.45, 7) is 4.19. The van der Waals surface area contributed by atoms with E-state index in [1.165, 1.54) is 18.6 Å². The summed E-state index contributed by atoms with van der Waals surface area (Å²) in [7, 11) is 0. The monoisotopic (exact) mass is 371 g/mol. The number of hydrogen-bond donors (Lipinski definition) is 0. The van der Waals surface area contributed by atoms with Crippen LogP contribution in [0.15, 0.2) is 42.6 Å². The lowest BCUT2D eigenvalue weighted by atomic mass is 10.2. The van der Waals surface area contributed by atoms with Crippen molar-refractivity contribution in [1.29, 1.82) is 0 Å². The first-order chi connectivity index (χ1) is 13.1. The van der Waals surface area contributed by atoms with Crippen molar-refractivity contribution in [1.82, 2.24) is 20.0 Å². The number of nitrogens with zero attached hydrogens (tertiary/aromatic N) is 5. The quantitative estimate of drug-likeness (QED) is 0.661. The Labute approximate surface area is 155 Å². The summed E-state index contributed by atoms with van der Waals surface area (Å²) < 4.78 is 32.9.